The Morgan fingerprint density at radius 1 is 1.26 bits per heavy atom. The quantitative estimate of drug-likeness (QED) is 0.261. The number of fused-ring (bicyclic) bond motifs is 5. The third-order valence-corrected chi connectivity index (χ3v) is 9.93. The molecule has 3 saturated carbocycles. The van der Waals surface area contributed by atoms with Crippen molar-refractivity contribution in [3.05, 3.63) is 11.6 Å². The second kappa shape index (κ2) is 9.23. The average Bonchev–Trinajstić information content (AvgIpc) is 3.08. The van der Waals surface area contributed by atoms with Gasteiger partial charge >= 0.3 is 5.97 Å². The molecule has 7 nitrogen and oxygen atoms in total. The number of hydrogen-bond acceptors (Lipinski definition) is 6. The fourth-order valence-corrected chi connectivity index (χ4v) is 7.74. The Morgan fingerprint density at radius 2 is 2.00 bits per heavy atom. The summed E-state index contributed by atoms with van der Waals surface area (Å²) in [6, 6.07) is -1.05. The maximum absolute atomic E-state index is 11.9. The van der Waals surface area contributed by atoms with Crippen molar-refractivity contribution in [2.45, 2.75) is 76.9 Å². The number of carboxylic acid groups (broad SMARTS) is 1. The summed E-state index contributed by atoms with van der Waals surface area (Å²) in [4.78, 5) is 28.2. The van der Waals surface area contributed by atoms with Crippen LogP contribution in [0.2, 0.25) is 0 Å². The third kappa shape index (κ3) is 4.05. The van der Waals surface area contributed by atoms with Gasteiger partial charge in [0.25, 0.3) is 5.91 Å². The Labute approximate surface area is 207 Å². The van der Waals surface area contributed by atoms with Gasteiger partial charge in [-0.3, -0.25) is 4.79 Å². The van der Waals surface area contributed by atoms with Crippen LogP contribution in [0.3, 0.4) is 0 Å². The van der Waals surface area contributed by atoms with E-state index in [2.05, 4.69) is 48.9 Å². The molecule has 1 amide bonds. The predicted octanol–water partition coefficient (Wildman–Crippen LogP) is 3.19. The molecule has 0 aromatic rings. The van der Waals surface area contributed by atoms with Gasteiger partial charge in [-0.05, 0) is 80.6 Å². The summed E-state index contributed by atoms with van der Waals surface area (Å²) in [6.45, 7) is 4.27. The summed E-state index contributed by atoms with van der Waals surface area (Å²) < 4.78 is 0. The van der Waals surface area contributed by atoms with Crippen molar-refractivity contribution in [1.82, 2.24) is 5.32 Å². The van der Waals surface area contributed by atoms with Gasteiger partial charge in [0.05, 0.1) is 5.71 Å². The fourth-order valence-electron chi connectivity index (χ4n) is 7.49. The van der Waals surface area contributed by atoms with Gasteiger partial charge in [0.1, 0.15) is 11.6 Å². The van der Waals surface area contributed by atoms with Crippen LogP contribution in [0.25, 0.3) is 0 Å². The normalized spacial score (nSPS) is 40.7. The molecule has 0 aromatic heterocycles. The highest BCUT2D eigenvalue weighted by atomic mass is 32.1. The van der Waals surface area contributed by atoms with Gasteiger partial charge in [-0.25, -0.2) is 4.79 Å². The van der Waals surface area contributed by atoms with Crippen molar-refractivity contribution >= 4 is 30.2 Å². The van der Waals surface area contributed by atoms with Gasteiger partial charge in [0.15, 0.2) is 6.61 Å². The number of hydrogen-bond donors (Lipinski definition) is 4. The van der Waals surface area contributed by atoms with E-state index in [4.69, 9.17) is 16.4 Å². The van der Waals surface area contributed by atoms with E-state index < -0.39 is 23.5 Å². The van der Waals surface area contributed by atoms with Crippen molar-refractivity contribution in [2.75, 3.05) is 12.4 Å². The molecule has 0 bridgehead atoms. The number of rotatable bonds is 6. The summed E-state index contributed by atoms with van der Waals surface area (Å²) in [5.41, 5.74) is 1.17. The highest BCUT2D eigenvalue weighted by Gasteiger charge is 2.63. The first-order valence-electron chi connectivity index (χ1n) is 12.3. The van der Waals surface area contributed by atoms with Gasteiger partial charge in [-0.2, -0.15) is 12.6 Å². The van der Waals surface area contributed by atoms with Crippen LogP contribution in [0.1, 0.15) is 65.2 Å². The van der Waals surface area contributed by atoms with Gasteiger partial charge in [-0.1, -0.05) is 30.5 Å². The van der Waals surface area contributed by atoms with E-state index in [1.54, 1.807) is 0 Å². The molecule has 0 heterocycles. The molecule has 0 aliphatic heterocycles. The van der Waals surface area contributed by atoms with E-state index in [1.807, 2.05) is 0 Å². The average molecular weight is 489 g/mol. The Hall–Kier alpha value is -1.98. The second-order valence-corrected chi connectivity index (χ2v) is 11.4. The van der Waals surface area contributed by atoms with Crippen molar-refractivity contribution in [3.63, 3.8) is 0 Å². The summed E-state index contributed by atoms with van der Waals surface area (Å²) in [6.07, 6.45) is 15.5. The number of carboxylic acids is 1. The van der Waals surface area contributed by atoms with Crippen LogP contribution in [0.15, 0.2) is 16.8 Å². The molecule has 0 radical (unpaired) electrons. The highest BCUT2D eigenvalue weighted by Crippen LogP contribution is 2.67. The molecule has 4 aliphatic rings. The molecule has 186 valence electrons. The van der Waals surface area contributed by atoms with Crippen molar-refractivity contribution in [2.24, 2.45) is 33.7 Å². The van der Waals surface area contributed by atoms with Crippen LogP contribution in [0.4, 0.5) is 0 Å². The molecule has 3 N–H and O–H groups in total. The number of carbonyl (C=O) groups excluding carboxylic acids is 1. The molecule has 3 fully saturated rings. The number of nitrogens with one attached hydrogen (secondary N) is 1. The first kappa shape index (κ1) is 25.1. The first-order chi connectivity index (χ1) is 16.1. The number of oxime groups is 1. The molecule has 0 spiro atoms. The van der Waals surface area contributed by atoms with Crippen LogP contribution in [0, 0.1) is 40.9 Å². The molecule has 4 aliphatic carbocycles. The number of amides is 1. The van der Waals surface area contributed by atoms with Crippen molar-refractivity contribution in [3.8, 4) is 12.3 Å². The Morgan fingerprint density at radius 3 is 2.68 bits per heavy atom. The standard InChI is InChI=1S/C26H36N2O5S/c1-4-26(32)12-9-20-18-6-5-16-13-17(28-33-14-22(29)27-21(15-34)23(30)31)7-10-24(16,2)19(18)8-11-25(20,26)3/h1,13,18-21,32,34H,5-12,14-15H2,2-3H3,(H,27,29)(H,30,31)/b28-17+/t18-,19-,20+,21+,24-,25-,26+/m0/s1. The second-order valence-electron chi connectivity index (χ2n) is 11.0. The topological polar surface area (TPSA) is 108 Å². The van der Waals surface area contributed by atoms with Crippen molar-refractivity contribution < 1.29 is 24.6 Å². The number of allylic oxidation sites excluding steroid dienone is 2. The lowest BCUT2D eigenvalue weighted by Crippen LogP contribution is -2.54. The lowest BCUT2D eigenvalue weighted by Gasteiger charge is -2.58. The van der Waals surface area contributed by atoms with Gasteiger partial charge in [0, 0.05) is 11.2 Å². The van der Waals surface area contributed by atoms with Gasteiger partial charge in [-0.15, -0.1) is 6.42 Å². The minimum absolute atomic E-state index is 0.00443. The summed E-state index contributed by atoms with van der Waals surface area (Å²) >= 11 is 3.93. The molecule has 0 saturated heterocycles. The minimum Gasteiger partial charge on any atom is -0.480 e. The van der Waals surface area contributed by atoms with E-state index in [0.717, 1.165) is 50.7 Å². The Kier molecular flexibility index (Phi) is 6.82. The molecule has 7 atom stereocenters. The Balaban J connectivity index is 1.42. The zero-order valence-electron chi connectivity index (χ0n) is 20.0. The van der Waals surface area contributed by atoms with Crippen LogP contribution >= 0.6 is 12.6 Å². The highest BCUT2D eigenvalue weighted by molar-refractivity contribution is 7.80. The number of aliphatic carboxylic acids is 1. The number of carbonyl (C=O) groups is 2. The van der Waals surface area contributed by atoms with Crippen LogP contribution in [0.5, 0.6) is 0 Å². The van der Waals surface area contributed by atoms with Crippen LogP contribution in [-0.2, 0) is 14.4 Å². The van der Waals surface area contributed by atoms with E-state index >= 15 is 0 Å². The smallest absolute Gasteiger partial charge is 0.327 e. The monoisotopic (exact) mass is 488 g/mol. The number of aliphatic hydroxyl groups is 1. The van der Waals surface area contributed by atoms with Crippen LogP contribution < -0.4 is 5.32 Å². The predicted molar refractivity (Wildman–Crippen MR) is 132 cm³/mol. The SMILES string of the molecule is C#C[C@@]1(O)CC[C@@H]2[C@H]3CCC4=C/C(=N/OCC(=O)N[C@H](CS)C(=O)O)CC[C@]4(C)[C@H]3CC[C@@]21C. The van der Waals surface area contributed by atoms with Crippen LogP contribution in [-0.4, -0.2) is 51.8 Å². The molecule has 4 rings (SSSR count). The zero-order valence-corrected chi connectivity index (χ0v) is 20.9. The minimum atomic E-state index is -1.13. The molecular weight excluding hydrogens is 452 g/mol. The molecular formula is C26H36N2O5S. The summed E-state index contributed by atoms with van der Waals surface area (Å²) in [5.74, 6) is 2.71. The molecule has 8 heteroatoms. The maximum Gasteiger partial charge on any atom is 0.327 e. The van der Waals surface area contributed by atoms with E-state index in [9.17, 15) is 14.7 Å². The van der Waals surface area contributed by atoms with E-state index in [0.29, 0.717) is 24.2 Å². The number of nitrogens with zero attached hydrogens (tertiary/aromatic N) is 1. The lowest BCUT2D eigenvalue weighted by molar-refractivity contribution is -0.141. The Bertz CT molecular complexity index is 957. The van der Waals surface area contributed by atoms with E-state index in [1.165, 1.54) is 5.57 Å². The number of thiol groups is 1. The van der Waals surface area contributed by atoms with Gasteiger partial charge in [0.2, 0.25) is 0 Å². The van der Waals surface area contributed by atoms with Crippen molar-refractivity contribution in [1.29, 1.82) is 0 Å². The van der Waals surface area contributed by atoms with Gasteiger partial charge < -0.3 is 20.4 Å². The lowest BCUT2D eigenvalue weighted by atomic mass is 9.46. The fraction of sp³-hybridized carbons (Fsp3) is 0.731. The maximum atomic E-state index is 11.9. The summed E-state index contributed by atoms with van der Waals surface area (Å²) in [7, 11) is 0. The first-order valence-corrected chi connectivity index (χ1v) is 12.9. The largest absolute Gasteiger partial charge is 0.480 e. The molecule has 0 unspecified atom stereocenters. The summed E-state index contributed by atoms with van der Waals surface area (Å²) in [5, 5.41) is 26.7. The zero-order chi connectivity index (χ0) is 24.7. The third-order valence-electron chi connectivity index (χ3n) is 9.56. The van der Waals surface area contributed by atoms with E-state index in [-0.39, 0.29) is 23.2 Å². The molecule has 34 heavy (non-hydrogen) atoms. The number of terminal acetylenes is 1. The molecule has 0 aromatic carbocycles.